The Morgan fingerprint density at radius 3 is 2.76 bits per heavy atom. The lowest BCUT2D eigenvalue weighted by Crippen LogP contribution is -2.22. The maximum absolute atomic E-state index is 11.2. The van der Waals surface area contributed by atoms with E-state index in [9.17, 15) is 4.79 Å². The molecule has 6 heteroatoms. The zero-order valence-electron chi connectivity index (χ0n) is 9.46. The van der Waals surface area contributed by atoms with Crippen LogP contribution < -0.4 is 4.90 Å². The Morgan fingerprint density at radius 1 is 1.41 bits per heavy atom. The van der Waals surface area contributed by atoms with E-state index in [1.54, 1.807) is 42.5 Å². The number of amides is 1. The molecule has 1 amide bonds. The first kappa shape index (κ1) is 11.6. The summed E-state index contributed by atoms with van der Waals surface area (Å²) in [5.41, 5.74) is 1.52. The number of aromatic nitrogens is 3. The third-order valence-corrected chi connectivity index (χ3v) is 2.63. The average Bonchev–Trinajstić information content (AvgIpc) is 2.78. The molecule has 2 rings (SSSR count). The second-order valence-corrected chi connectivity index (χ2v) is 3.95. The lowest BCUT2D eigenvalue weighted by atomic mass is 10.4. The van der Waals surface area contributed by atoms with Crippen molar-refractivity contribution in [3.63, 3.8) is 0 Å². The van der Waals surface area contributed by atoms with Crippen LogP contribution in [0.25, 0.3) is 5.69 Å². The first-order valence-corrected chi connectivity index (χ1v) is 5.36. The van der Waals surface area contributed by atoms with Gasteiger partial charge in [0.15, 0.2) is 0 Å². The standard InChI is InChI=1S/C11H11ClN4O/c1-8(17)15(2)10-6-14-16(7-10)9-3-4-11(12)13-5-9/h3-7H,1-2H3. The molecule has 0 saturated heterocycles. The second kappa shape index (κ2) is 4.55. The topological polar surface area (TPSA) is 51.0 Å². The fourth-order valence-electron chi connectivity index (χ4n) is 1.31. The zero-order chi connectivity index (χ0) is 12.4. The van der Waals surface area contributed by atoms with Gasteiger partial charge in [-0.1, -0.05) is 11.6 Å². The van der Waals surface area contributed by atoms with Crippen molar-refractivity contribution in [1.82, 2.24) is 14.8 Å². The molecule has 0 unspecified atom stereocenters. The van der Waals surface area contributed by atoms with Gasteiger partial charge in [0, 0.05) is 14.0 Å². The van der Waals surface area contributed by atoms with Gasteiger partial charge in [0.1, 0.15) is 5.15 Å². The van der Waals surface area contributed by atoms with E-state index in [-0.39, 0.29) is 5.91 Å². The van der Waals surface area contributed by atoms with Crippen LogP contribution in [0.4, 0.5) is 5.69 Å². The monoisotopic (exact) mass is 250 g/mol. The molecule has 0 radical (unpaired) electrons. The van der Waals surface area contributed by atoms with E-state index in [1.165, 1.54) is 11.8 Å². The third kappa shape index (κ3) is 2.45. The summed E-state index contributed by atoms with van der Waals surface area (Å²) < 4.78 is 1.64. The van der Waals surface area contributed by atoms with E-state index in [1.807, 2.05) is 0 Å². The Balaban J connectivity index is 2.29. The van der Waals surface area contributed by atoms with Crippen molar-refractivity contribution < 1.29 is 4.79 Å². The third-order valence-electron chi connectivity index (χ3n) is 2.40. The highest BCUT2D eigenvalue weighted by Gasteiger charge is 2.08. The molecular weight excluding hydrogens is 240 g/mol. The molecule has 0 aromatic carbocycles. The van der Waals surface area contributed by atoms with E-state index in [4.69, 9.17) is 11.6 Å². The van der Waals surface area contributed by atoms with E-state index in [0.29, 0.717) is 5.15 Å². The summed E-state index contributed by atoms with van der Waals surface area (Å²) in [4.78, 5) is 16.7. The molecule has 17 heavy (non-hydrogen) atoms. The van der Waals surface area contributed by atoms with E-state index in [2.05, 4.69) is 10.1 Å². The van der Waals surface area contributed by atoms with Crippen LogP contribution in [-0.2, 0) is 4.79 Å². The molecule has 0 aliphatic heterocycles. The molecule has 0 bridgehead atoms. The van der Waals surface area contributed by atoms with Gasteiger partial charge in [-0.2, -0.15) is 5.10 Å². The maximum Gasteiger partial charge on any atom is 0.223 e. The van der Waals surface area contributed by atoms with E-state index >= 15 is 0 Å². The molecule has 88 valence electrons. The van der Waals surface area contributed by atoms with Crippen molar-refractivity contribution in [2.24, 2.45) is 0 Å². The number of anilines is 1. The Bertz CT molecular complexity index is 535. The average molecular weight is 251 g/mol. The maximum atomic E-state index is 11.2. The van der Waals surface area contributed by atoms with Gasteiger partial charge in [0.2, 0.25) is 5.91 Å². The molecule has 0 N–H and O–H groups in total. The number of halogens is 1. The quantitative estimate of drug-likeness (QED) is 0.765. The van der Waals surface area contributed by atoms with Crippen LogP contribution in [0.1, 0.15) is 6.92 Å². The van der Waals surface area contributed by atoms with Gasteiger partial charge in [0.05, 0.1) is 30.0 Å². The van der Waals surface area contributed by atoms with Crippen LogP contribution in [0.15, 0.2) is 30.7 Å². The number of nitrogens with zero attached hydrogens (tertiary/aromatic N) is 4. The largest absolute Gasteiger partial charge is 0.313 e. The lowest BCUT2D eigenvalue weighted by Gasteiger charge is -2.10. The molecular formula is C11H11ClN4O. The summed E-state index contributed by atoms with van der Waals surface area (Å²) in [6, 6.07) is 3.49. The molecule has 0 aliphatic rings. The highest BCUT2D eigenvalue weighted by molar-refractivity contribution is 6.29. The molecule has 5 nitrogen and oxygen atoms in total. The van der Waals surface area contributed by atoms with Gasteiger partial charge in [-0.25, -0.2) is 9.67 Å². The fourth-order valence-corrected chi connectivity index (χ4v) is 1.42. The number of pyridine rings is 1. The van der Waals surface area contributed by atoms with Gasteiger partial charge in [0.25, 0.3) is 0 Å². The van der Waals surface area contributed by atoms with E-state index in [0.717, 1.165) is 11.4 Å². The van der Waals surface area contributed by atoms with Crippen LogP contribution in [0.3, 0.4) is 0 Å². The molecule has 0 atom stereocenters. The fraction of sp³-hybridized carbons (Fsp3) is 0.182. The summed E-state index contributed by atoms with van der Waals surface area (Å²) in [6.07, 6.45) is 5.00. The van der Waals surface area contributed by atoms with Crippen molar-refractivity contribution in [2.75, 3.05) is 11.9 Å². The number of carbonyl (C=O) groups is 1. The summed E-state index contributed by atoms with van der Waals surface area (Å²) >= 11 is 5.70. The minimum absolute atomic E-state index is 0.0428. The van der Waals surface area contributed by atoms with Crippen LogP contribution in [-0.4, -0.2) is 27.7 Å². The summed E-state index contributed by atoms with van der Waals surface area (Å²) in [6.45, 7) is 1.50. The van der Waals surface area contributed by atoms with Crippen molar-refractivity contribution >= 4 is 23.2 Å². The number of carbonyl (C=O) groups excluding carboxylic acids is 1. The smallest absolute Gasteiger partial charge is 0.223 e. The highest BCUT2D eigenvalue weighted by Crippen LogP contribution is 2.15. The Morgan fingerprint density at radius 2 is 2.18 bits per heavy atom. The first-order chi connectivity index (χ1) is 8.08. The van der Waals surface area contributed by atoms with Crippen LogP contribution in [0.2, 0.25) is 5.15 Å². The predicted molar refractivity (Wildman–Crippen MR) is 65.5 cm³/mol. The highest BCUT2D eigenvalue weighted by atomic mass is 35.5. The minimum Gasteiger partial charge on any atom is -0.313 e. The summed E-state index contributed by atoms with van der Waals surface area (Å²) in [5.74, 6) is -0.0428. The van der Waals surface area contributed by atoms with Gasteiger partial charge in [-0.3, -0.25) is 4.79 Å². The number of rotatable bonds is 2. The molecule has 0 spiro atoms. The number of hydrogen-bond acceptors (Lipinski definition) is 3. The first-order valence-electron chi connectivity index (χ1n) is 4.99. The predicted octanol–water partition coefficient (Wildman–Crippen LogP) is 1.90. The Hall–Kier alpha value is -1.88. The van der Waals surface area contributed by atoms with Crippen LogP contribution >= 0.6 is 11.6 Å². The SMILES string of the molecule is CC(=O)N(C)c1cnn(-c2ccc(Cl)nc2)c1. The van der Waals surface area contributed by atoms with Gasteiger partial charge >= 0.3 is 0 Å². The Kier molecular flexibility index (Phi) is 3.10. The van der Waals surface area contributed by atoms with Gasteiger partial charge in [-0.15, -0.1) is 0 Å². The number of hydrogen-bond donors (Lipinski definition) is 0. The molecule has 0 aliphatic carbocycles. The Labute approximate surface area is 104 Å². The molecule has 0 saturated carbocycles. The molecule has 2 heterocycles. The summed E-state index contributed by atoms with van der Waals surface area (Å²) in [7, 11) is 1.70. The lowest BCUT2D eigenvalue weighted by molar-refractivity contribution is -0.116. The zero-order valence-corrected chi connectivity index (χ0v) is 10.2. The van der Waals surface area contributed by atoms with Crippen LogP contribution in [0.5, 0.6) is 0 Å². The van der Waals surface area contributed by atoms with E-state index < -0.39 is 0 Å². The second-order valence-electron chi connectivity index (χ2n) is 3.56. The van der Waals surface area contributed by atoms with Crippen molar-refractivity contribution in [2.45, 2.75) is 6.92 Å². The van der Waals surface area contributed by atoms with Crippen molar-refractivity contribution in [3.8, 4) is 5.69 Å². The molecule has 2 aromatic heterocycles. The minimum atomic E-state index is -0.0428. The van der Waals surface area contributed by atoms with Crippen molar-refractivity contribution in [3.05, 3.63) is 35.9 Å². The van der Waals surface area contributed by atoms with Gasteiger partial charge < -0.3 is 4.90 Å². The van der Waals surface area contributed by atoms with Crippen molar-refractivity contribution in [1.29, 1.82) is 0 Å². The normalized spacial score (nSPS) is 10.3. The van der Waals surface area contributed by atoms with Gasteiger partial charge in [-0.05, 0) is 12.1 Å². The molecule has 0 fully saturated rings. The molecule has 2 aromatic rings. The van der Waals surface area contributed by atoms with Crippen LogP contribution in [0, 0.1) is 0 Å². The summed E-state index contributed by atoms with van der Waals surface area (Å²) in [5, 5.41) is 4.59.